The van der Waals surface area contributed by atoms with Gasteiger partial charge in [-0.3, -0.25) is 28.5 Å². The third-order valence-corrected chi connectivity index (χ3v) is 6.52. The van der Waals surface area contributed by atoms with Crippen molar-refractivity contribution in [1.29, 1.82) is 0 Å². The quantitative estimate of drug-likeness (QED) is 0.251. The lowest BCUT2D eigenvalue weighted by atomic mass is 9.98. The molecule has 0 saturated heterocycles. The Balaban J connectivity index is 1.87. The van der Waals surface area contributed by atoms with Gasteiger partial charge in [0.05, 0.1) is 18.8 Å². The number of likely N-dealkylation sites (N-methyl/N-ethyl adjacent to an activating group) is 1. The molecule has 14 heteroatoms. The Morgan fingerprint density at radius 2 is 1.65 bits per heavy atom. The summed E-state index contributed by atoms with van der Waals surface area (Å²) in [7, 11) is 0. The van der Waals surface area contributed by atoms with E-state index in [0.717, 1.165) is 22.9 Å². The number of benzene rings is 2. The number of alkyl halides is 2. The number of carbonyl (C=O) groups is 4. The first kappa shape index (κ1) is 32.5. The fourth-order valence-corrected chi connectivity index (χ4v) is 4.21. The predicted molar refractivity (Wildman–Crippen MR) is 151 cm³/mol. The molecule has 3 aromatic rings. The molecule has 0 saturated carbocycles. The first-order chi connectivity index (χ1) is 20.4. The van der Waals surface area contributed by atoms with Crippen molar-refractivity contribution in [2.24, 2.45) is 0 Å². The molecule has 3 amide bonds. The van der Waals surface area contributed by atoms with Crippen molar-refractivity contribution in [3.63, 3.8) is 0 Å². The lowest BCUT2D eigenvalue weighted by molar-refractivity contribution is -0.161. The van der Waals surface area contributed by atoms with Gasteiger partial charge in [0, 0.05) is 25.1 Å². The Kier molecular flexibility index (Phi) is 10.8. The third kappa shape index (κ3) is 8.05. The van der Waals surface area contributed by atoms with Crippen molar-refractivity contribution in [3.05, 3.63) is 82.5 Å². The molecule has 0 fully saturated rings. The molecule has 1 aromatic heterocycles. The summed E-state index contributed by atoms with van der Waals surface area (Å²) in [6.45, 7) is 2.39. The number of nitrogens with one attached hydrogen (secondary N) is 2. The lowest BCUT2D eigenvalue weighted by Gasteiger charge is -2.24. The Hall–Kier alpha value is -5.01. The van der Waals surface area contributed by atoms with Crippen LogP contribution in [0.4, 0.5) is 18.9 Å². The van der Waals surface area contributed by atoms with Gasteiger partial charge in [-0.05, 0) is 43.7 Å². The number of nitrogen functional groups attached to an aromatic ring is 1. The summed E-state index contributed by atoms with van der Waals surface area (Å²) >= 11 is 0. The highest BCUT2D eigenvalue weighted by Gasteiger charge is 2.50. The first-order valence-electron chi connectivity index (χ1n) is 13.3. The number of hydrogen-bond donors (Lipinski definition) is 3. The average Bonchev–Trinajstić information content (AvgIpc) is 2.99. The maximum absolute atomic E-state index is 15.1. The van der Waals surface area contributed by atoms with Gasteiger partial charge in [0.25, 0.3) is 11.5 Å². The summed E-state index contributed by atoms with van der Waals surface area (Å²) in [5.74, 6) is -10.8. The maximum Gasteiger partial charge on any atom is 0.383 e. The third-order valence-electron chi connectivity index (χ3n) is 6.52. The van der Waals surface area contributed by atoms with Gasteiger partial charge in [0.1, 0.15) is 23.9 Å². The Morgan fingerprint density at radius 3 is 2.26 bits per heavy atom. The Morgan fingerprint density at radius 1 is 1.02 bits per heavy atom. The number of nitrogens with two attached hydrogens (primary N) is 1. The van der Waals surface area contributed by atoms with E-state index in [4.69, 9.17) is 5.73 Å². The zero-order valence-electron chi connectivity index (χ0n) is 23.5. The van der Waals surface area contributed by atoms with Crippen LogP contribution in [-0.2, 0) is 32.1 Å². The number of Topliss-reactive ketones (excluding diaryl/α,β-unsaturated/α-hetero) is 1. The van der Waals surface area contributed by atoms with Gasteiger partial charge in [-0.1, -0.05) is 30.3 Å². The minimum atomic E-state index is -4.62. The van der Waals surface area contributed by atoms with E-state index >= 15 is 8.78 Å². The van der Waals surface area contributed by atoms with Crippen molar-refractivity contribution >= 4 is 29.2 Å². The van der Waals surface area contributed by atoms with Crippen LogP contribution in [0.3, 0.4) is 0 Å². The van der Waals surface area contributed by atoms with E-state index < -0.39 is 66.4 Å². The van der Waals surface area contributed by atoms with Crippen LogP contribution >= 0.6 is 0 Å². The van der Waals surface area contributed by atoms with E-state index in [9.17, 15) is 28.4 Å². The second-order valence-corrected chi connectivity index (χ2v) is 9.43. The molecule has 3 rings (SSSR count). The zero-order valence-corrected chi connectivity index (χ0v) is 23.5. The van der Waals surface area contributed by atoms with E-state index in [0.29, 0.717) is 18.7 Å². The number of hydrogen-bond acceptors (Lipinski definition) is 7. The molecule has 2 aromatic carbocycles. The van der Waals surface area contributed by atoms with Crippen LogP contribution in [0.2, 0.25) is 0 Å². The van der Waals surface area contributed by atoms with Crippen LogP contribution in [-0.4, -0.2) is 69.6 Å². The molecular weight excluding hydrogens is 569 g/mol. The smallest absolute Gasteiger partial charge is 0.383 e. The number of anilines is 1. The Bertz CT molecular complexity index is 1530. The molecule has 11 nitrogen and oxygen atoms in total. The van der Waals surface area contributed by atoms with Crippen LogP contribution in [0, 0.1) is 5.82 Å². The number of nitrogens with zero attached hydrogens (tertiary/aromatic N) is 3. The molecule has 228 valence electrons. The average molecular weight is 601 g/mol. The second kappa shape index (κ2) is 14.2. The number of rotatable bonds is 13. The van der Waals surface area contributed by atoms with Gasteiger partial charge in [0.15, 0.2) is 0 Å². The molecule has 0 bridgehead atoms. The zero-order chi connectivity index (χ0) is 31.7. The number of ketones is 1. The molecule has 0 aliphatic rings. The van der Waals surface area contributed by atoms with Gasteiger partial charge >= 0.3 is 5.92 Å². The van der Waals surface area contributed by atoms with Crippen molar-refractivity contribution in [2.75, 3.05) is 25.4 Å². The van der Waals surface area contributed by atoms with Crippen LogP contribution in [0.5, 0.6) is 0 Å². The topological polar surface area (TPSA) is 156 Å². The van der Waals surface area contributed by atoms with E-state index in [-0.39, 0.29) is 17.1 Å². The van der Waals surface area contributed by atoms with Crippen molar-refractivity contribution in [2.45, 2.75) is 38.8 Å². The van der Waals surface area contributed by atoms with Crippen molar-refractivity contribution in [3.8, 4) is 11.4 Å². The standard InChI is InChI=1S/C29H31F3N6O5/c1-3-37(4-2)24(40)16-35-28(43)29(31,32)25(41)22(14-18-8-6-5-7-9-18)36-23(39)17-38-26(34-15-21(33)27(38)42)19-10-12-20(30)13-11-19/h5-13,15,22H,3-4,14,16-17,33H2,1-2H3,(H,35,43)(H,36,39). The molecule has 43 heavy (non-hydrogen) atoms. The van der Waals surface area contributed by atoms with Crippen LogP contribution in [0.25, 0.3) is 11.4 Å². The lowest BCUT2D eigenvalue weighted by Crippen LogP contribution is -2.56. The monoisotopic (exact) mass is 600 g/mol. The first-order valence-corrected chi connectivity index (χ1v) is 13.3. The van der Waals surface area contributed by atoms with E-state index in [1.165, 1.54) is 29.2 Å². The minimum Gasteiger partial charge on any atom is -0.393 e. The van der Waals surface area contributed by atoms with E-state index in [2.05, 4.69) is 10.3 Å². The number of amides is 3. The van der Waals surface area contributed by atoms with Gasteiger partial charge in [-0.15, -0.1) is 0 Å². The summed E-state index contributed by atoms with van der Waals surface area (Å²) in [5, 5.41) is 4.00. The molecular formula is C29H31F3N6O5. The molecule has 0 aliphatic heterocycles. The molecule has 0 aliphatic carbocycles. The van der Waals surface area contributed by atoms with Crippen molar-refractivity contribution < 1.29 is 32.3 Å². The van der Waals surface area contributed by atoms with Gasteiger partial charge in [-0.2, -0.15) is 8.78 Å². The molecule has 1 unspecified atom stereocenters. The second-order valence-electron chi connectivity index (χ2n) is 9.43. The highest BCUT2D eigenvalue weighted by atomic mass is 19.3. The summed E-state index contributed by atoms with van der Waals surface area (Å²) in [4.78, 5) is 68.9. The van der Waals surface area contributed by atoms with Gasteiger partial charge in [-0.25, -0.2) is 9.37 Å². The highest BCUT2D eigenvalue weighted by molar-refractivity contribution is 6.11. The summed E-state index contributed by atoms with van der Waals surface area (Å²) in [5.41, 5.74) is 5.17. The highest BCUT2D eigenvalue weighted by Crippen LogP contribution is 2.20. The SMILES string of the molecule is CCN(CC)C(=O)CNC(=O)C(F)(F)C(=O)C(Cc1ccccc1)NC(=O)Cn1c(-c2ccc(F)cc2)ncc(N)c1=O. The normalized spacial score (nSPS) is 11.8. The molecule has 1 atom stereocenters. The van der Waals surface area contributed by atoms with Gasteiger partial charge in [0.2, 0.25) is 17.6 Å². The minimum absolute atomic E-state index is 0.0668. The number of carbonyl (C=O) groups excluding carboxylic acids is 4. The van der Waals surface area contributed by atoms with E-state index in [1.807, 2.05) is 0 Å². The molecule has 1 heterocycles. The fourth-order valence-electron chi connectivity index (χ4n) is 4.21. The largest absolute Gasteiger partial charge is 0.393 e. The molecule has 0 radical (unpaired) electrons. The van der Waals surface area contributed by atoms with Crippen LogP contribution in [0.15, 0.2) is 65.6 Å². The Labute approximate surface area is 244 Å². The predicted octanol–water partition coefficient (Wildman–Crippen LogP) is 1.55. The molecule has 4 N–H and O–H groups in total. The number of aromatic nitrogens is 2. The van der Waals surface area contributed by atoms with E-state index in [1.54, 1.807) is 37.4 Å². The van der Waals surface area contributed by atoms with Crippen molar-refractivity contribution in [1.82, 2.24) is 25.1 Å². The summed E-state index contributed by atoms with van der Waals surface area (Å²) < 4.78 is 44.6. The van der Waals surface area contributed by atoms with Crippen LogP contribution in [0.1, 0.15) is 19.4 Å². The maximum atomic E-state index is 15.1. The fraction of sp³-hybridized carbons (Fsp3) is 0.310. The summed E-state index contributed by atoms with van der Waals surface area (Å²) in [6, 6.07) is 10.8. The van der Waals surface area contributed by atoms with Crippen LogP contribution < -0.4 is 21.9 Å². The number of halogens is 3. The van der Waals surface area contributed by atoms with Gasteiger partial charge < -0.3 is 21.3 Å². The molecule has 0 spiro atoms. The summed E-state index contributed by atoms with van der Waals surface area (Å²) in [6.07, 6.45) is 0.642.